The number of hydrogen-bond donors (Lipinski definition) is 3. The van der Waals surface area contributed by atoms with Gasteiger partial charge in [0.1, 0.15) is 0 Å². The zero-order valence-electron chi connectivity index (χ0n) is 9.73. The first-order valence-corrected chi connectivity index (χ1v) is 5.99. The standard InChI is InChI=1S/C13H18N2O2/c16-12(10-4-2-1-3-5-10)8-15-13(17)9-14-11-6-7-11/h1-5,11-12,14,16H,6-9H2,(H,15,17). The fraction of sp³-hybridized carbons (Fsp3) is 0.462. The lowest BCUT2D eigenvalue weighted by Gasteiger charge is -2.12. The van der Waals surface area contributed by atoms with E-state index >= 15 is 0 Å². The van der Waals surface area contributed by atoms with Crippen LogP contribution in [-0.2, 0) is 4.79 Å². The molecule has 1 atom stereocenters. The molecule has 1 aliphatic carbocycles. The Hall–Kier alpha value is -1.39. The first-order chi connectivity index (χ1) is 8.25. The number of amides is 1. The molecule has 0 spiro atoms. The predicted octanol–water partition coefficient (Wildman–Crippen LogP) is 0.588. The summed E-state index contributed by atoms with van der Waals surface area (Å²) in [5.74, 6) is -0.0631. The van der Waals surface area contributed by atoms with Crippen molar-refractivity contribution in [3.05, 3.63) is 35.9 Å². The van der Waals surface area contributed by atoms with Gasteiger partial charge in [-0.05, 0) is 18.4 Å². The van der Waals surface area contributed by atoms with Crippen LogP contribution in [0.4, 0.5) is 0 Å². The smallest absolute Gasteiger partial charge is 0.234 e. The van der Waals surface area contributed by atoms with Crippen LogP contribution in [0.25, 0.3) is 0 Å². The van der Waals surface area contributed by atoms with Gasteiger partial charge in [0.05, 0.1) is 12.6 Å². The van der Waals surface area contributed by atoms with E-state index in [1.165, 1.54) is 12.8 Å². The molecule has 4 heteroatoms. The molecular weight excluding hydrogens is 216 g/mol. The highest BCUT2D eigenvalue weighted by Crippen LogP contribution is 2.17. The maximum absolute atomic E-state index is 11.4. The SMILES string of the molecule is O=C(CNC1CC1)NCC(O)c1ccccc1. The summed E-state index contributed by atoms with van der Waals surface area (Å²) in [5, 5.41) is 15.7. The summed E-state index contributed by atoms with van der Waals surface area (Å²) in [4.78, 5) is 11.4. The normalized spacial score (nSPS) is 16.5. The average Bonchev–Trinajstić information content (AvgIpc) is 3.18. The van der Waals surface area contributed by atoms with Crippen molar-refractivity contribution >= 4 is 5.91 Å². The third-order valence-electron chi connectivity index (χ3n) is 2.81. The highest BCUT2D eigenvalue weighted by Gasteiger charge is 2.21. The summed E-state index contributed by atoms with van der Waals surface area (Å²) in [6.07, 6.45) is 1.70. The second kappa shape index (κ2) is 5.80. The molecule has 2 rings (SSSR count). The largest absolute Gasteiger partial charge is 0.387 e. The predicted molar refractivity (Wildman–Crippen MR) is 65.4 cm³/mol. The fourth-order valence-electron chi connectivity index (χ4n) is 1.59. The van der Waals surface area contributed by atoms with Gasteiger partial charge in [-0.2, -0.15) is 0 Å². The number of carbonyl (C=O) groups excluding carboxylic acids is 1. The van der Waals surface area contributed by atoms with E-state index in [1.807, 2.05) is 30.3 Å². The van der Waals surface area contributed by atoms with E-state index < -0.39 is 6.10 Å². The van der Waals surface area contributed by atoms with Crippen LogP contribution < -0.4 is 10.6 Å². The quantitative estimate of drug-likeness (QED) is 0.675. The highest BCUT2D eigenvalue weighted by atomic mass is 16.3. The minimum absolute atomic E-state index is 0.0631. The molecule has 1 saturated carbocycles. The number of rotatable bonds is 6. The molecule has 1 aromatic carbocycles. The van der Waals surface area contributed by atoms with E-state index in [4.69, 9.17) is 0 Å². The average molecular weight is 234 g/mol. The Morgan fingerprint density at radius 1 is 1.35 bits per heavy atom. The molecule has 1 aromatic rings. The van der Waals surface area contributed by atoms with Gasteiger partial charge >= 0.3 is 0 Å². The second-order valence-electron chi connectivity index (χ2n) is 4.39. The number of aliphatic hydroxyl groups excluding tert-OH is 1. The number of benzene rings is 1. The summed E-state index contributed by atoms with van der Waals surface area (Å²) < 4.78 is 0. The first-order valence-electron chi connectivity index (χ1n) is 5.99. The van der Waals surface area contributed by atoms with Crippen LogP contribution in [0.15, 0.2) is 30.3 Å². The third kappa shape index (κ3) is 4.17. The molecule has 0 bridgehead atoms. The van der Waals surface area contributed by atoms with Gasteiger partial charge in [-0.3, -0.25) is 4.79 Å². The summed E-state index contributed by atoms with van der Waals surface area (Å²) in [6, 6.07) is 9.86. The monoisotopic (exact) mass is 234 g/mol. The van der Waals surface area contributed by atoms with Crippen molar-refractivity contribution in [1.82, 2.24) is 10.6 Å². The van der Waals surface area contributed by atoms with Crippen molar-refractivity contribution in [2.45, 2.75) is 25.0 Å². The Labute approximate surface area is 101 Å². The molecule has 1 unspecified atom stereocenters. The highest BCUT2D eigenvalue weighted by molar-refractivity contribution is 5.78. The molecule has 4 nitrogen and oxygen atoms in total. The number of nitrogens with one attached hydrogen (secondary N) is 2. The minimum Gasteiger partial charge on any atom is -0.387 e. The van der Waals surface area contributed by atoms with E-state index in [-0.39, 0.29) is 12.5 Å². The molecule has 17 heavy (non-hydrogen) atoms. The van der Waals surface area contributed by atoms with Crippen molar-refractivity contribution in [2.75, 3.05) is 13.1 Å². The number of aliphatic hydroxyl groups is 1. The molecule has 0 saturated heterocycles. The van der Waals surface area contributed by atoms with Crippen molar-refractivity contribution in [1.29, 1.82) is 0 Å². The van der Waals surface area contributed by atoms with Crippen molar-refractivity contribution in [3.63, 3.8) is 0 Å². The zero-order chi connectivity index (χ0) is 12.1. The molecule has 3 N–H and O–H groups in total. The molecule has 1 amide bonds. The van der Waals surface area contributed by atoms with Gasteiger partial charge < -0.3 is 15.7 Å². The minimum atomic E-state index is -0.638. The molecule has 0 radical (unpaired) electrons. The summed E-state index contributed by atoms with van der Waals surface area (Å²) in [6.45, 7) is 0.599. The van der Waals surface area contributed by atoms with E-state index in [2.05, 4.69) is 10.6 Å². The Kier molecular flexibility index (Phi) is 4.12. The number of carbonyl (C=O) groups is 1. The van der Waals surface area contributed by atoms with Crippen LogP contribution in [0, 0.1) is 0 Å². The molecule has 92 valence electrons. The first kappa shape index (κ1) is 12.1. The van der Waals surface area contributed by atoms with E-state index in [1.54, 1.807) is 0 Å². The molecule has 0 aromatic heterocycles. The third-order valence-corrected chi connectivity index (χ3v) is 2.81. The summed E-state index contributed by atoms with van der Waals surface area (Å²) >= 11 is 0. The van der Waals surface area contributed by atoms with Crippen LogP contribution >= 0.6 is 0 Å². The van der Waals surface area contributed by atoms with Gasteiger partial charge in [-0.15, -0.1) is 0 Å². The molecule has 0 heterocycles. The van der Waals surface area contributed by atoms with E-state index in [0.717, 1.165) is 5.56 Å². The maximum Gasteiger partial charge on any atom is 0.234 e. The van der Waals surface area contributed by atoms with Crippen LogP contribution in [0.3, 0.4) is 0 Å². The maximum atomic E-state index is 11.4. The second-order valence-corrected chi connectivity index (χ2v) is 4.39. The van der Waals surface area contributed by atoms with Crippen molar-refractivity contribution in [2.24, 2.45) is 0 Å². The van der Waals surface area contributed by atoms with Crippen LogP contribution in [0.2, 0.25) is 0 Å². The molecular formula is C13H18N2O2. The Balaban J connectivity index is 1.68. The zero-order valence-corrected chi connectivity index (χ0v) is 9.73. The fourth-order valence-corrected chi connectivity index (χ4v) is 1.59. The van der Waals surface area contributed by atoms with Crippen LogP contribution in [-0.4, -0.2) is 30.1 Å². The van der Waals surface area contributed by atoms with Gasteiger partial charge in [0.25, 0.3) is 0 Å². The topological polar surface area (TPSA) is 61.4 Å². The van der Waals surface area contributed by atoms with Gasteiger partial charge in [0, 0.05) is 12.6 Å². The summed E-state index contributed by atoms with van der Waals surface area (Å²) in [7, 11) is 0. The Bertz CT molecular complexity index is 363. The molecule has 0 aliphatic heterocycles. The lowest BCUT2D eigenvalue weighted by atomic mass is 10.1. The van der Waals surface area contributed by atoms with Crippen LogP contribution in [0.1, 0.15) is 24.5 Å². The van der Waals surface area contributed by atoms with Gasteiger partial charge in [-0.25, -0.2) is 0 Å². The van der Waals surface area contributed by atoms with Crippen LogP contribution in [0.5, 0.6) is 0 Å². The Morgan fingerprint density at radius 3 is 2.71 bits per heavy atom. The van der Waals surface area contributed by atoms with E-state index in [9.17, 15) is 9.90 Å². The molecule has 1 aliphatic rings. The van der Waals surface area contributed by atoms with Crippen molar-refractivity contribution < 1.29 is 9.90 Å². The summed E-state index contributed by atoms with van der Waals surface area (Å²) in [5.41, 5.74) is 0.822. The van der Waals surface area contributed by atoms with Crippen molar-refractivity contribution in [3.8, 4) is 0 Å². The lowest BCUT2D eigenvalue weighted by Crippen LogP contribution is -2.36. The van der Waals surface area contributed by atoms with Gasteiger partial charge in [0.15, 0.2) is 0 Å². The number of hydrogen-bond acceptors (Lipinski definition) is 3. The molecule has 1 fully saturated rings. The van der Waals surface area contributed by atoms with Gasteiger partial charge in [-0.1, -0.05) is 30.3 Å². The Morgan fingerprint density at radius 2 is 2.06 bits per heavy atom. The lowest BCUT2D eigenvalue weighted by molar-refractivity contribution is -0.120. The van der Waals surface area contributed by atoms with Gasteiger partial charge in [0.2, 0.25) is 5.91 Å². The van der Waals surface area contributed by atoms with E-state index in [0.29, 0.717) is 12.6 Å².